The van der Waals surface area contributed by atoms with Crippen LogP contribution in [0.25, 0.3) is 22.3 Å². The number of hydrogen-bond donors (Lipinski definition) is 0. The van der Waals surface area contributed by atoms with Crippen LogP contribution in [0.1, 0.15) is 11.1 Å². The van der Waals surface area contributed by atoms with E-state index in [1.807, 2.05) is 30.3 Å². The lowest BCUT2D eigenvalue weighted by Gasteiger charge is -2.13. The lowest BCUT2D eigenvalue weighted by atomic mass is 10.0. The maximum Gasteiger partial charge on any atom is 0.161 e. The number of methoxy groups -OCH3 is 1. The van der Waals surface area contributed by atoms with Crippen molar-refractivity contribution in [1.29, 1.82) is 0 Å². The predicted octanol–water partition coefficient (Wildman–Crippen LogP) is 4.68. The van der Waals surface area contributed by atoms with Crippen molar-refractivity contribution in [2.75, 3.05) is 7.11 Å². The van der Waals surface area contributed by atoms with Crippen LogP contribution in [0.4, 0.5) is 0 Å². The standard InChI is InChI=1S/C17H15BrN2O/c1-10-8-11(2)16(14(9-10)21-3)13-6-4-12-5-7-15(18)20-17(12)19-13/h4-9H,1-3H3. The molecule has 0 N–H and O–H groups in total. The summed E-state index contributed by atoms with van der Waals surface area (Å²) in [4.78, 5) is 9.11. The van der Waals surface area contributed by atoms with E-state index in [0.717, 1.165) is 38.2 Å². The van der Waals surface area contributed by atoms with Gasteiger partial charge in [0.25, 0.3) is 0 Å². The summed E-state index contributed by atoms with van der Waals surface area (Å²) in [6.07, 6.45) is 0. The van der Waals surface area contributed by atoms with E-state index in [4.69, 9.17) is 4.74 Å². The van der Waals surface area contributed by atoms with Crippen LogP contribution >= 0.6 is 15.9 Å². The summed E-state index contributed by atoms with van der Waals surface area (Å²) in [5.74, 6) is 0.842. The molecule has 0 saturated heterocycles. The number of halogens is 1. The molecule has 0 unspecified atom stereocenters. The third-order valence-corrected chi connectivity index (χ3v) is 3.88. The van der Waals surface area contributed by atoms with Gasteiger partial charge in [-0.2, -0.15) is 0 Å². The van der Waals surface area contributed by atoms with Gasteiger partial charge in [0.2, 0.25) is 0 Å². The summed E-state index contributed by atoms with van der Waals surface area (Å²) in [6, 6.07) is 12.1. The minimum atomic E-state index is 0.726. The van der Waals surface area contributed by atoms with E-state index in [2.05, 4.69) is 45.8 Å². The number of ether oxygens (including phenoxy) is 1. The second-order valence-corrected chi connectivity index (χ2v) is 5.85. The number of aromatic nitrogens is 2. The molecule has 1 aromatic carbocycles. The molecule has 4 heteroatoms. The van der Waals surface area contributed by atoms with E-state index >= 15 is 0 Å². The van der Waals surface area contributed by atoms with Gasteiger partial charge in [-0.15, -0.1) is 0 Å². The Kier molecular flexibility index (Phi) is 3.64. The molecular formula is C17H15BrN2O. The van der Waals surface area contributed by atoms with Gasteiger partial charge in [0.05, 0.1) is 12.8 Å². The summed E-state index contributed by atoms with van der Waals surface area (Å²) in [5, 5.41) is 1.02. The van der Waals surface area contributed by atoms with Crippen LogP contribution < -0.4 is 4.74 Å². The fraction of sp³-hybridized carbons (Fsp3) is 0.176. The van der Waals surface area contributed by atoms with Gasteiger partial charge in [-0.05, 0) is 71.2 Å². The van der Waals surface area contributed by atoms with Crippen LogP contribution in [0.15, 0.2) is 41.0 Å². The van der Waals surface area contributed by atoms with Crippen molar-refractivity contribution in [3.63, 3.8) is 0 Å². The molecular weight excluding hydrogens is 328 g/mol. The molecule has 0 aliphatic heterocycles. The van der Waals surface area contributed by atoms with Crippen LogP contribution in [0.2, 0.25) is 0 Å². The molecule has 0 fully saturated rings. The van der Waals surface area contributed by atoms with Gasteiger partial charge in [-0.3, -0.25) is 0 Å². The van der Waals surface area contributed by atoms with Gasteiger partial charge in [-0.1, -0.05) is 6.07 Å². The Hall–Kier alpha value is -1.94. The highest BCUT2D eigenvalue weighted by Gasteiger charge is 2.12. The quantitative estimate of drug-likeness (QED) is 0.634. The Morgan fingerprint density at radius 2 is 1.76 bits per heavy atom. The highest BCUT2D eigenvalue weighted by molar-refractivity contribution is 9.10. The van der Waals surface area contributed by atoms with Crippen LogP contribution in [0.3, 0.4) is 0 Å². The molecule has 0 saturated carbocycles. The predicted molar refractivity (Wildman–Crippen MR) is 88.7 cm³/mol. The number of benzene rings is 1. The van der Waals surface area contributed by atoms with E-state index in [-0.39, 0.29) is 0 Å². The molecule has 2 aromatic heterocycles. The number of nitrogens with zero attached hydrogens (tertiary/aromatic N) is 2. The number of pyridine rings is 2. The molecule has 0 bridgehead atoms. The van der Waals surface area contributed by atoms with E-state index in [9.17, 15) is 0 Å². The molecule has 106 valence electrons. The zero-order chi connectivity index (χ0) is 15.0. The average molecular weight is 343 g/mol. The van der Waals surface area contributed by atoms with Crippen molar-refractivity contribution >= 4 is 27.0 Å². The Morgan fingerprint density at radius 3 is 2.52 bits per heavy atom. The lowest BCUT2D eigenvalue weighted by Crippen LogP contribution is -1.95. The average Bonchev–Trinajstić information content (AvgIpc) is 2.45. The third kappa shape index (κ3) is 2.63. The monoisotopic (exact) mass is 342 g/mol. The lowest BCUT2D eigenvalue weighted by molar-refractivity contribution is 0.415. The smallest absolute Gasteiger partial charge is 0.161 e. The molecule has 0 amide bonds. The highest BCUT2D eigenvalue weighted by Crippen LogP contribution is 2.34. The zero-order valence-corrected chi connectivity index (χ0v) is 13.7. The van der Waals surface area contributed by atoms with Crippen LogP contribution in [-0.4, -0.2) is 17.1 Å². The minimum absolute atomic E-state index is 0.726. The molecule has 3 rings (SSSR count). The molecule has 0 aliphatic carbocycles. The summed E-state index contributed by atoms with van der Waals surface area (Å²) >= 11 is 3.39. The second kappa shape index (κ2) is 5.45. The van der Waals surface area contributed by atoms with Crippen LogP contribution in [-0.2, 0) is 0 Å². The Bertz CT molecular complexity index is 830. The van der Waals surface area contributed by atoms with E-state index in [0.29, 0.717) is 0 Å². The fourth-order valence-corrected chi connectivity index (χ4v) is 2.83. The zero-order valence-electron chi connectivity index (χ0n) is 12.1. The van der Waals surface area contributed by atoms with E-state index in [1.165, 1.54) is 5.56 Å². The number of fused-ring (bicyclic) bond motifs is 1. The molecule has 3 aromatic rings. The topological polar surface area (TPSA) is 35.0 Å². The molecule has 0 radical (unpaired) electrons. The molecule has 3 nitrogen and oxygen atoms in total. The van der Waals surface area contributed by atoms with Gasteiger partial charge in [0, 0.05) is 10.9 Å². The van der Waals surface area contributed by atoms with Crippen molar-refractivity contribution in [3.05, 3.63) is 52.1 Å². The second-order valence-electron chi connectivity index (χ2n) is 5.04. The molecule has 2 heterocycles. The number of hydrogen-bond acceptors (Lipinski definition) is 3. The Labute approximate surface area is 132 Å². The molecule has 0 aliphatic rings. The first-order valence-corrected chi connectivity index (χ1v) is 7.46. The van der Waals surface area contributed by atoms with Gasteiger partial charge in [-0.25, -0.2) is 9.97 Å². The minimum Gasteiger partial charge on any atom is -0.496 e. The first-order chi connectivity index (χ1) is 10.1. The first kappa shape index (κ1) is 14.0. The Morgan fingerprint density at radius 1 is 1.00 bits per heavy atom. The fourth-order valence-electron chi connectivity index (χ4n) is 2.53. The normalized spacial score (nSPS) is 10.9. The summed E-state index contributed by atoms with van der Waals surface area (Å²) in [6.45, 7) is 4.14. The number of aryl methyl sites for hydroxylation is 2. The summed E-state index contributed by atoms with van der Waals surface area (Å²) < 4.78 is 6.31. The van der Waals surface area contributed by atoms with Gasteiger partial charge in [0.15, 0.2) is 5.65 Å². The van der Waals surface area contributed by atoms with Crippen molar-refractivity contribution in [3.8, 4) is 17.0 Å². The Balaban J connectivity index is 2.25. The van der Waals surface area contributed by atoms with Crippen LogP contribution in [0.5, 0.6) is 5.75 Å². The van der Waals surface area contributed by atoms with Gasteiger partial charge >= 0.3 is 0 Å². The van der Waals surface area contributed by atoms with Crippen molar-refractivity contribution in [1.82, 2.24) is 9.97 Å². The van der Waals surface area contributed by atoms with Crippen molar-refractivity contribution < 1.29 is 4.74 Å². The van der Waals surface area contributed by atoms with E-state index in [1.54, 1.807) is 7.11 Å². The van der Waals surface area contributed by atoms with Gasteiger partial charge < -0.3 is 4.74 Å². The van der Waals surface area contributed by atoms with E-state index < -0.39 is 0 Å². The molecule has 21 heavy (non-hydrogen) atoms. The highest BCUT2D eigenvalue weighted by atomic mass is 79.9. The molecule has 0 atom stereocenters. The largest absolute Gasteiger partial charge is 0.496 e. The number of rotatable bonds is 2. The molecule has 0 spiro atoms. The summed E-state index contributed by atoms with van der Waals surface area (Å²) in [7, 11) is 1.69. The van der Waals surface area contributed by atoms with Crippen molar-refractivity contribution in [2.24, 2.45) is 0 Å². The van der Waals surface area contributed by atoms with Crippen molar-refractivity contribution in [2.45, 2.75) is 13.8 Å². The van der Waals surface area contributed by atoms with Crippen LogP contribution in [0, 0.1) is 13.8 Å². The van der Waals surface area contributed by atoms with Gasteiger partial charge in [0.1, 0.15) is 10.4 Å². The first-order valence-electron chi connectivity index (χ1n) is 6.67. The maximum atomic E-state index is 5.53. The summed E-state index contributed by atoms with van der Waals surface area (Å²) in [5.41, 5.74) is 4.95. The maximum absolute atomic E-state index is 5.53. The SMILES string of the molecule is COc1cc(C)cc(C)c1-c1ccc2ccc(Br)nc2n1. The third-order valence-electron chi connectivity index (χ3n) is 3.44.